The van der Waals surface area contributed by atoms with Crippen molar-refractivity contribution in [3.63, 3.8) is 0 Å². The molecule has 1 nitrogen and oxygen atoms in total. The average Bonchev–Trinajstić information content (AvgIpc) is 2.06. The van der Waals surface area contributed by atoms with Gasteiger partial charge in [-0.05, 0) is 45.2 Å². The van der Waals surface area contributed by atoms with Gasteiger partial charge in [0.2, 0.25) is 0 Å². The molecule has 1 saturated carbocycles. The lowest BCUT2D eigenvalue weighted by molar-refractivity contribution is 0.0841. The van der Waals surface area contributed by atoms with Crippen molar-refractivity contribution in [3.05, 3.63) is 0 Å². The first-order valence-corrected chi connectivity index (χ1v) is 5.08. The third kappa shape index (κ3) is 1.94. The summed E-state index contributed by atoms with van der Waals surface area (Å²) in [4.78, 5) is 2.59. The van der Waals surface area contributed by atoms with Crippen LogP contribution in [0.3, 0.4) is 0 Å². The van der Waals surface area contributed by atoms with Gasteiger partial charge in [0.25, 0.3) is 0 Å². The first-order valence-electron chi connectivity index (χ1n) is 5.08. The fraction of sp³-hybridized carbons (Fsp3) is 1.00. The normalized spacial score (nSPS) is 36.8. The van der Waals surface area contributed by atoms with Crippen molar-refractivity contribution in [1.82, 2.24) is 4.90 Å². The highest BCUT2D eigenvalue weighted by molar-refractivity contribution is 5.85. The third-order valence-electron chi connectivity index (χ3n) is 3.52. The van der Waals surface area contributed by atoms with Gasteiger partial charge in [0, 0.05) is 6.04 Å². The first kappa shape index (κ1) is 10.3. The molecule has 2 fully saturated rings. The number of fused-ring (bicyclic) bond motifs is 1. The van der Waals surface area contributed by atoms with Crippen molar-refractivity contribution in [2.45, 2.75) is 44.6 Å². The predicted octanol–water partition coefficient (Wildman–Crippen LogP) is 2.69. The molecular weight excluding hydrogens is 170 g/mol. The number of nitrogens with zero attached hydrogens (tertiary/aromatic N) is 1. The molecule has 2 heteroatoms. The molecule has 72 valence electrons. The lowest BCUT2D eigenvalue weighted by Crippen LogP contribution is -2.44. The molecule has 1 heterocycles. The van der Waals surface area contributed by atoms with Crippen molar-refractivity contribution in [2.24, 2.45) is 5.92 Å². The van der Waals surface area contributed by atoms with E-state index in [1.54, 1.807) is 0 Å². The fourth-order valence-corrected chi connectivity index (χ4v) is 2.87. The van der Waals surface area contributed by atoms with Gasteiger partial charge in [0.05, 0.1) is 0 Å². The minimum Gasteiger partial charge on any atom is -0.303 e. The van der Waals surface area contributed by atoms with Crippen LogP contribution < -0.4 is 0 Å². The number of likely N-dealkylation sites (tertiary alicyclic amines) is 1. The fourth-order valence-electron chi connectivity index (χ4n) is 2.87. The molecule has 0 spiro atoms. The van der Waals surface area contributed by atoms with Gasteiger partial charge in [-0.3, -0.25) is 0 Å². The number of halogens is 1. The van der Waals surface area contributed by atoms with Crippen LogP contribution in [-0.2, 0) is 0 Å². The summed E-state index contributed by atoms with van der Waals surface area (Å²) in [5, 5.41) is 0. The monoisotopic (exact) mass is 189 g/mol. The van der Waals surface area contributed by atoms with Crippen LogP contribution in [-0.4, -0.2) is 24.5 Å². The van der Waals surface area contributed by atoms with Gasteiger partial charge in [-0.15, -0.1) is 12.4 Å². The summed E-state index contributed by atoms with van der Waals surface area (Å²) < 4.78 is 0. The molecule has 2 aliphatic rings. The maximum Gasteiger partial charge on any atom is 0.0120 e. The zero-order chi connectivity index (χ0) is 7.68. The number of hydrogen-bond acceptors (Lipinski definition) is 1. The quantitative estimate of drug-likeness (QED) is 0.567. The minimum absolute atomic E-state index is 0. The van der Waals surface area contributed by atoms with E-state index in [0.29, 0.717) is 0 Å². The maximum absolute atomic E-state index is 2.59. The molecule has 0 aromatic heterocycles. The van der Waals surface area contributed by atoms with Gasteiger partial charge in [-0.25, -0.2) is 0 Å². The predicted molar refractivity (Wildman–Crippen MR) is 54.9 cm³/mol. The Morgan fingerprint density at radius 3 is 2.42 bits per heavy atom. The Morgan fingerprint density at radius 1 is 1.00 bits per heavy atom. The van der Waals surface area contributed by atoms with E-state index in [0.717, 1.165) is 12.0 Å². The lowest BCUT2D eigenvalue weighted by Gasteiger charge is -2.42. The number of hydrogen-bond donors (Lipinski definition) is 0. The Hall–Kier alpha value is 0.250. The molecule has 12 heavy (non-hydrogen) atoms. The van der Waals surface area contributed by atoms with Crippen LogP contribution in [0, 0.1) is 5.92 Å². The largest absolute Gasteiger partial charge is 0.303 e. The standard InChI is InChI=1S/C10H19N.ClH/c1-11-8-4-6-9-5-2-3-7-10(9)11;/h9-10H,2-8H2,1H3;1H. The SMILES string of the molecule is CN1CCCC2CCCCC21.Cl. The second-order valence-electron chi connectivity index (χ2n) is 4.23. The zero-order valence-electron chi connectivity index (χ0n) is 7.96. The third-order valence-corrected chi connectivity index (χ3v) is 3.52. The topological polar surface area (TPSA) is 3.24 Å². The van der Waals surface area contributed by atoms with Gasteiger partial charge in [0.1, 0.15) is 0 Å². The van der Waals surface area contributed by atoms with Crippen molar-refractivity contribution in [3.8, 4) is 0 Å². The van der Waals surface area contributed by atoms with Crippen molar-refractivity contribution in [1.29, 1.82) is 0 Å². The molecular formula is C10H20ClN. The highest BCUT2D eigenvalue weighted by atomic mass is 35.5. The van der Waals surface area contributed by atoms with Crippen molar-refractivity contribution < 1.29 is 0 Å². The number of piperidine rings is 1. The van der Waals surface area contributed by atoms with Gasteiger partial charge in [-0.1, -0.05) is 12.8 Å². The highest BCUT2D eigenvalue weighted by Crippen LogP contribution is 2.34. The molecule has 0 N–H and O–H groups in total. The second-order valence-corrected chi connectivity index (χ2v) is 4.23. The van der Waals surface area contributed by atoms with E-state index in [1.807, 2.05) is 0 Å². The average molecular weight is 190 g/mol. The van der Waals surface area contributed by atoms with Gasteiger partial charge in [-0.2, -0.15) is 0 Å². The number of rotatable bonds is 0. The maximum atomic E-state index is 2.59. The van der Waals surface area contributed by atoms with E-state index in [2.05, 4.69) is 11.9 Å². The van der Waals surface area contributed by atoms with Crippen molar-refractivity contribution in [2.75, 3.05) is 13.6 Å². The smallest absolute Gasteiger partial charge is 0.0120 e. The molecule has 1 saturated heterocycles. The molecule has 2 rings (SSSR count). The van der Waals surface area contributed by atoms with Gasteiger partial charge >= 0.3 is 0 Å². The van der Waals surface area contributed by atoms with Crippen LogP contribution in [0.4, 0.5) is 0 Å². The molecule has 0 amide bonds. The summed E-state index contributed by atoms with van der Waals surface area (Å²) in [6.45, 7) is 1.35. The molecule has 2 unspecified atom stereocenters. The Balaban J connectivity index is 0.000000720. The molecule has 0 aromatic rings. The Kier molecular flexibility index (Phi) is 3.85. The molecule has 0 bridgehead atoms. The molecule has 0 radical (unpaired) electrons. The summed E-state index contributed by atoms with van der Waals surface area (Å²) >= 11 is 0. The Labute approximate surface area is 81.9 Å². The van der Waals surface area contributed by atoms with E-state index >= 15 is 0 Å². The van der Waals surface area contributed by atoms with Crippen molar-refractivity contribution >= 4 is 12.4 Å². The van der Waals surface area contributed by atoms with Crippen LogP contribution in [0.5, 0.6) is 0 Å². The lowest BCUT2D eigenvalue weighted by atomic mass is 9.79. The van der Waals surface area contributed by atoms with E-state index in [-0.39, 0.29) is 12.4 Å². The summed E-state index contributed by atoms with van der Waals surface area (Å²) in [5.74, 6) is 1.06. The minimum atomic E-state index is 0. The zero-order valence-corrected chi connectivity index (χ0v) is 8.78. The van der Waals surface area contributed by atoms with Crippen LogP contribution >= 0.6 is 12.4 Å². The summed E-state index contributed by atoms with van der Waals surface area (Å²) in [7, 11) is 2.31. The summed E-state index contributed by atoms with van der Waals surface area (Å²) in [6.07, 6.45) is 8.91. The Morgan fingerprint density at radius 2 is 1.67 bits per heavy atom. The van der Waals surface area contributed by atoms with Crippen LogP contribution in [0.25, 0.3) is 0 Å². The molecule has 2 atom stereocenters. The van der Waals surface area contributed by atoms with E-state index in [9.17, 15) is 0 Å². The van der Waals surface area contributed by atoms with E-state index in [1.165, 1.54) is 45.1 Å². The van der Waals surface area contributed by atoms with Crippen LogP contribution in [0.2, 0.25) is 0 Å². The van der Waals surface area contributed by atoms with E-state index < -0.39 is 0 Å². The summed E-state index contributed by atoms with van der Waals surface area (Å²) in [6, 6.07) is 0.956. The Bertz CT molecular complexity index is 136. The van der Waals surface area contributed by atoms with E-state index in [4.69, 9.17) is 0 Å². The van der Waals surface area contributed by atoms with Crippen LogP contribution in [0.1, 0.15) is 38.5 Å². The highest BCUT2D eigenvalue weighted by Gasteiger charge is 2.30. The van der Waals surface area contributed by atoms with Gasteiger partial charge in [0.15, 0.2) is 0 Å². The second kappa shape index (κ2) is 4.48. The van der Waals surface area contributed by atoms with Crippen LogP contribution in [0.15, 0.2) is 0 Å². The molecule has 1 aliphatic heterocycles. The molecule has 0 aromatic carbocycles. The van der Waals surface area contributed by atoms with Gasteiger partial charge < -0.3 is 4.90 Å². The molecule has 1 aliphatic carbocycles. The first-order chi connectivity index (χ1) is 5.38. The summed E-state index contributed by atoms with van der Waals surface area (Å²) in [5.41, 5.74) is 0.